The van der Waals surface area contributed by atoms with Crippen LogP contribution in [0.25, 0.3) is 0 Å². The average molecular weight is 505 g/mol. The molecule has 0 amide bonds. The van der Waals surface area contributed by atoms with Crippen LogP contribution in [0.15, 0.2) is 45.9 Å². The van der Waals surface area contributed by atoms with Crippen LogP contribution in [0, 0.1) is 0 Å². The van der Waals surface area contributed by atoms with E-state index in [1.165, 1.54) is 12.0 Å². The molecule has 132 valence electrons. The molecule has 24 heavy (non-hydrogen) atoms. The van der Waals surface area contributed by atoms with Gasteiger partial charge in [0.25, 0.3) is 0 Å². The number of nitrogens with zero attached hydrogens (tertiary/aromatic N) is 3. The summed E-state index contributed by atoms with van der Waals surface area (Å²) in [5.41, 5.74) is 1.24. The van der Waals surface area contributed by atoms with Gasteiger partial charge in [0.2, 0.25) is 0 Å². The van der Waals surface area contributed by atoms with E-state index in [0.29, 0.717) is 6.04 Å². The summed E-state index contributed by atoms with van der Waals surface area (Å²) in [5.74, 6) is 1.05. The maximum Gasteiger partial charge on any atom is 0.194 e. The minimum atomic E-state index is 0. The molecule has 1 unspecified atom stereocenters. The van der Waals surface area contributed by atoms with Crippen LogP contribution in [-0.4, -0.2) is 54.5 Å². The van der Waals surface area contributed by atoms with Crippen molar-refractivity contribution < 1.29 is 0 Å². The molecule has 4 nitrogen and oxygen atoms in total. The molecule has 6 heteroatoms. The van der Waals surface area contributed by atoms with Crippen LogP contribution >= 0.6 is 39.9 Å². The van der Waals surface area contributed by atoms with Gasteiger partial charge in [-0.15, -0.1) is 24.0 Å². The largest absolute Gasteiger partial charge is 0.357 e. The third-order valence-corrected chi connectivity index (χ3v) is 5.01. The number of likely N-dealkylation sites (tertiary alicyclic amines) is 1. The van der Waals surface area contributed by atoms with Crippen LogP contribution in [0.2, 0.25) is 0 Å². The molecule has 1 fully saturated rings. The Morgan fingerprint density at radius 1 is 1.25 bits per heavy atom. The van der Waals surface area contributed by atoms with Crippen molar-refractivity contribution >= 4 is 45.9 Å². The van der Waals surface area contributed by atoms with Crippen molar-refractivity contribution in [2.45, 2.75) is 25.9 Å². The van der Waals surface area contributed by atoms with Crippen LogP contribution in [0.1, 0.15) is 18.9 Å². The van der Waals surface area contributed by atoms with Gasteiger partial charge in [0, 0.05) is 43.2 Å². The van der Waals surface area contributed by atoms with Crippen molar-refractivity contribution in [1.82, 2.24) is 15.1 Å². The molecular formula is C18H26BrIN4. The van der Waals surface area contributed by atoms with Gasteiger partial charge in [-0.3, -0.25) is 4.90 Å². The van der Waals surface area contributed by atoms with E-state index < -0.39 is 0 Å². The monoisotopic (exact) mass is 504 g/mol. The van der Waals surface area contributed by atoms with E-state index in [1.54, 1.807) is 0 Å². The second-order valence-electron chi connectivity index (χ2n) is 6.11. The van der Waals surface area contributed by atoms with Gasteiger partial charge in [-0.05, 0) is 31.0 Å². The predicted molar refractivity (Wildman–Crippen MR) is 115 cm³/mol. The third-order valence-electron chi connectivity index (χ3n) is 4.49. The van der Waals surface area contributed by atoms with Gasteiger partial charge in [0.05, 0.1) is 6.54 Å². The molecule has 3 rings (SSSR count). The van der Waals surface area contributed by atoms with Gasteiger partial charge in [-0.25, -0.2) is 4.99 Å². The molecule has 1 aromatic carbocycles. The Balaban J connectivity index is 0.00000208. The standard InChI is InChI=1S/C18H25BrN4.HI/c1-2-20-18(21-13-15-5-7-16(19)8-6-15)23-12-9-17(14-23)22-10-3-4-11-22;/h3-8,17H,2,9-14H2,1H3,(H,20,21);1H. The fraction of sp³-hybridized carbons (Fsp3) is 0.500. The van der Waals surface area contributed by atoms with Gasteiger partial charge in [-0.1, -0.05) is 40.2 Å². The number of hydrogen-bond acceptors (Lipinski definition) is 2. The Bertz CT molecular complexity index is 565. The topological polar surface area (TPSA) is 30.9 Å². The zero-order valence-corrected chi connectivity index (χ0v) is 18.0. The third kappa shape index (κ3) is 5.20. The van der Waals surface area contributed by atoms with Gasteiger partial charge < -0.3 is 10.2 Å². The minimum Gasteiger partial charge on any atom is -0.357 e. The Hall–Kier alpha value is -0.600. The predicted octanol–water partition coefficient (Wildman–Crippen LogP) is 3.48. The first-order chi connectivity index (χ1) is 11.3. The number of nitrogens with one attached hydrogen (secondary N) is 1. The molecule has 0 aromatic heterocycles. The molecule has 2 aliphatic heterocycles. The number of halogens is 2. The number of aliphatic imine (C=N–C) groups is 1. The summed E-state index contributed by atoms with van der Waals surface area (Å²) in [6.45, 7) is 8.14. The highest BCUT2D eigenvalue weighted by Gasteiger charge is 2.29. The normalized spacial score (nSPS) is 21.2. The second-order valence-corrected chi connectivity index (χ2v) is 7.03. The number of rotatable bonds is 4. The lowest BCUT2D eigenvalue weighted by atomic mass is 10.2. The first-order valence-corrected chi connectivity index (χ1v) is 9.22. The number of guanidine groups is 1. The molecule has 1 N–H and O–H groups in total. The van der Waals surface area contributed by atoms with Crippen molar-refractivity contribution in [2.75, 3.05) is 32.7 Å². The zero-order valence-electron chi connectivity index (χ0n) is 14.1. The summed E-state index contributed by atoms with van der Waals surface area (Å²) < 4.78 is 1.11. The van der Waals surface area contributed by atoms with Crippen LogP contribution in [0.5, 0.6) is 0 Å². The Kier molecular flexibility index (Phi) is 8.03. The summed E-state index contributed by atoms with van der Waals surface area (Å²) in [4.78, 5) is 9.80. The Morgan fingerprint density at radius 2 is 1.96 bits per heavy atom. The van der Waals surface area contributed by atoms with Crippen molar-refractivity contribution in [3.05, 3.63) is 46.5 Å². The minimum absolute atomic E-state index is 0. The molecule has 0 bridgehead atoms. The van der Waals surface area contributed by atoms with Gasteiger partial charge in [0.15, 0.2) is 5.96 Å². The van der Waals surface area contributed by atoms with Crippen LogP contribution in [0.3, 0.4) is 0 Å². The van der Waals surface area contributed by atoms with E-state index in [4.69, 9.17) is 4.99 Å². The molecule has 1 aromatic rings. The van der Waals surface area contributed by atoms with E-state index in [1.807, 2.05) is 0 Å². The molecule has 0 saturated carbocycles. The summed E-state index contributed by atoms with van der Waals surface area (Å²) in [5, 5.41) is 3.45. The van der Waals surface area contributed by atoms with E-state index in [2.05, 4.69) is 74.4 Å². The van der Waals surface area contributed by atoms with Crippen molar-refractivity contribution in [3.8, 4) is 0 Å². The molecule has 2 aliphatic rings. The zero-order chi connectivity index (χ0) is 16.1. The first-order valence-electron chi connectivity index (χ1n) is 8.43. The molecule has 0 radical (unpaired) electrons. The maximum absolute atomic E-state index is 4.84. The van der Waals surface area contributed by atoms with Crippen molar-refractivity contribution in [3.63, 3.8) is 0 Å². The summed E-state index contributed by atoms with van der Waals surface area (Å²) in [6.07, 6.45) is 5.77. The lowest BCUT2D eigenvalue weighted by molar-refractivity contribution is 0.259. The van der Waals surface area contributed by atoms with Gasteiger partial charge in [-0.2, -0.15) is 0 Å². The van der Waals surface area contributed by atoms with E-state index >= 15 is 0 Å². The van der Waals surface area contributed by atoms with Crippen LogP contribution in [0.4, 0.5) is 0 Å². The Labute approximate surface area is 170 Å². The summed E-state index contributed by atoms with van der Waals surface area (Å²) >= 11 is 3.48. The highest BCUT2D eigenvalue weighted by molar-refractivity contribution is 14.0. The number of benzene rings is 1. The first kappa shape index (κ1) is 19.7. The fourth-order valence-corrected chi connectivity index (χ4v) is 3.47. The smallest absolute Gasteiger partial charge is 0.194 e. The molecule has 1 saturated heterocycles. The molecule has 2 heterocycles. The van der Waals surface area contributed by atoms with Gasteiger partial charge >= 0.3 is 0 Å². The molecule has 0 spiro atoms. The molecule has 1 atom stereocenters. The van der Waals surface area contributed by atoms with Crippen LogP contribution < -0.4 is 5.32 Å². The van der Waals surface area contributed by atoms with Crippen molar-refractivity contribution in [2.24, 2.45) is 4.99 Å². The molecular weight excluding hydrogens is 479 g/mol. The maximum atomic E-state index is 4.84. The lowest BCUT2D eigenvalue weighted by Crippen LogP contribution is -2.42. The molecule has 0 aliphatic carbocycles. The van der Waals surface area contributed by atoms with E-state index in [0.717, 1.165) is 49.7 Å². The van der Waals surface area contributed by atoms with Gasteiger partial charge in [0.1, 0.15) is 0 Å². The highest BCUT2D eigenvalue weighted by Crippen LogP contribution is 2.18. The van der Waals surface area contributed by atoms with Crippen LogP contribution in [-0.2, 0) is 6.54 Å². The van der Waals surface area contributed by atoms with E-state index in [9.17, 15) is 0 Å². The summed E-state index contributed by atoms with van der Waals surface area (Å²) in [6, 6.07) is 9.05. The average Bonchev–Trinajstić information content (AvgIpc) is 3.24. The second kappa shape index (κ2) is 9.77. The number of hydrogen-bond donors (Lipinski definition) is 1. The summed E-state index contributed by atoms with van der Waals surface area (Å²) in [7, 11) is 0. The lowest BCUT2D eigenvalue weighted by Gasteiger charge is -2.25. The quantitative estimate of drug-likeness (QED) is 0.295. The van der Waals surface area contributed by atoms with Crippen molar-refractivity contribution in [1.29, 1.82) is 0 Å². The van der Waals surface area contributed by atoms with E-state index in [-0.39, 0.29) is 24.0 Å². The Morgan fingerprint density at radius 3 is 2.62 bits per heavy atom. The fourth-order valence-electron chi connectivity index (χ4n) is 3.21. The SMILES string of the molecule is CCNC(=NCc1ccc(Br)cc1)N1CCC(N2CC=CC2)C1.I. The highest BCUT2D eigenvalue weighted by atomic mass is 127.